The first kappa shape index (κ1) is 22.4. The zero-order valence-corrected chi connectivity index (χ0v) is 19.5. The van der Waals surface area contributed by atoms with E-state index >= 15 is 0 Å². The van der Waals surface area contributed by atoms with Crippen molar-refractivity contribution in [1.29, 1.82) is 0 Å². The number of amides is 2. The van der Waals surface area contributed by atoms with Crippen molar-refractivity contribution < 1.29 is 19.1 Å². The van der Waals surface area contributed by atoms with E-state index in [4.69, 9.17) is 21.1 Å². The second-order valence-electron chi connectivity index (χ2n) is 7.67. The lowest BCUT2D eigenvalue weighted by Gasteiger charge is -2.17. The third-order valence-electron chi connectivity index (χ3n) is 5.63. The first-order chi connectivity index (χ1) is 15.8. The van der Waals surface area contributed by atoms with Crippen LogP contribution in [0.4, 0.5) is 11.4 Å². The molecule has 1 aliphatic rings. The lowest BCUT2D eigenvalue weighted by atomic mass is 10.0. The molecule has 33 heavy (non-hydrogen) atoms. The Hall–Kier alpha value is -3.77. The van der Waals surface area contributed by atoms with E-state index in [1.807, 2.05) is 26.0 Å². The highest BCUT2D eigenvalue weighted by atomic mass is 35.5. The summed E-state index contributed by atoms with van der Waals surface area (Å²) in [6.07, 6.45) is 0. The molecule has 1 N–H and O–H groups in total. The van der Waals surface area contributed by atoms with Crippen molar-refractivity contribution in [2.24, 2.45) is 0 Å². The van der Waals surface area contributed by atoms with E-state index in [2.05, 4.69) is 5.32 Å². The van der Waals surface area contributed by atoms with Gasteiger partial charge in [-0.1, -0.05) is 29.8 Å². The molecule has 0 aromatic heterocycles. The van der Waals surface area contributed by atoms with Gasteiger partial charge in [0, 0.05) is 5.69 Å². The minimum atomic E-state index is -0.444. The fraction of sp³-hybridized carbons (Fsp3) is 0.154. The quantitative estimate of drug-likeness (QED) is 0.499. The molecule has 4 rings (SSSR count). The summed E-state index contributed by atoms with van der Waals surface area (Å²) in [5, 5.41) is 3.50. The van der Waals surface area contributed by atoms with E-state index in [0.717, 1.165) is 11.1 Å². The van der Waals surface area contributed by atoms with Crippen LogP contribution in [0.15, 0.2) is 66.4 Å². The number of benzene rings is 3. The molecular formula is C26H23ClN2O4. The number of nitrogens with zero attached hydrogens (tertiary/aromatic N) is 1. The summed E-state index contributed by atoms with van der Waals surface area (Å²) < 4.78 is 10.4. The molecule has 0 bridgehead atoms. The molecule has 0 radical (unpaired) electrons. The van der Waals surface area contributed by atoms with Crippen LogP contribution in [0.2, 0.25) is 5.02 Å². The van der Waals surface area contributed by atoms with Crippen LogP contribution in [0.1, 0.15) is 16.7 Å². The number of anilines is 2. The topological polar surface area (TPSA) is 67.9 Å². The molecule has 0 saturated heterocycles. The minimum absolute atomic E-state index is 0.171. The number of imide groups is 1. The van der Waals surface area contributed by atoms with Crippen LogP contribution in [0.25, 0.3) is 5.57 Å². The maximum atomic E-state index is 13.6. The van der Waals surface area contributed by atoms with Gasteiger partial charge in [0.2, 0.25) is 0 Å². The zero-order valence-electron chi connectivity index (χ0n) is 18.7. The van der Waals surface area contributed by atoms with Crippen LogP contribution in [-0.4, -0.2) is 26.0 Å². The Kier molecular flexibility index (Phi) is 6.11. The van der Waals surface area contributed by atoms with Crippen LogP contribution in [0.3, 0.4) is 0 Å². The van der Waals surface area contributed by atoms with Crippen molar-refractivity contribution in [3.05, 3.63) is 88.1 Å². The van der Waals surface area contributed by atoms with Crippen LogP contribution < -0.4 is 19.7 Å². The Balaban J connectivity index is 1.81. The van der Waals surface area contributed by atoms with Gasteiger partial charge in [-0.25, -0.2) is 4.90 Å². The number of methoxy groups -OCH3 is 2. The second kappa shape index (κ2) is 9.00. The Bertz CT molecular complexity index is 1280. The van der Waals surface area contributed by atoms with Gasteiger partial charge in [0.25, 0.3) is 11.8 Å². The summed E-state index contributed by atoms with van der Waals surface area (Å²) in [5.74, 6) is 0.312. The number of carbonyl (C=O) groups excluding carboxylic acids is 2. The zero-order chi connectivity index (χ0) is 23.7. The van der Waals surface area contributed by atoms with Crippen molar-refractivity contribution in [2.75, 3.05) is 24.4 Å². The number of carbonyl (C=O) groups is 2. The normalized spacial score (nSPS) is 13.5. The Labute approximate surface area is 197 Å². The maximum Gasteiger partial charge on any atom is 0.282 e. The first-order valence-corrected chi connectivity index (χ1v) is 10.7. The number of aryl methyl sites for hydroxylation is 2. The van der Waals surface area contributed by atoms with E-state index < -0.39 is 11.8 Å². The highest BCUT2D eigenvalue weighted by Gasteiger charge is 2.40. The van der Waals surface area contributed by atoms with Gasteiger partial charge in [-0.3, -0.25) is 9.59 Å². The number of rotatable bonds is 6. The van der Waals surface area contributed by atoms with E-state index in [-0.39, 0.29) is 11.3 Å². The Morgan fingerprint density at radius 1 is 0.818 bits per heavy atom. The van der Waals surface area contributed by atoms with Gasteiger partial charge in [0.15, 0.2) is 0 Å². The molecule has 168 valence electrons. The van der Waals surface area contributed by atoms with Gasteiger partial charge < -0.3 is 14.8 Å². The summed E-state index contributed by atoms with van der Waals surface area (Å²) in [6.45, 7) is 3.92. The predicted octanol–water partition coefficient (Wildman–Crippen LogP) is 5.37. The molecule has 0 spiro atoms. The lowest BCUT2D eigenvalue weighted by molar-refractivity contribution is -0.120. The summed E-state index contributed by atoms with van der Waals surface area (Å²) in [6, 6.07) is 17.6. The maximum absolute atomic E-state index is 13.6. The van der Waals surface area contributed by atoms with Crippen LogP contribution in [0.5, 0.6) is 11.5 Å². The monoisotopic (exact) mass is 462 g/mol. The summed E-state index contributed by atoms with van der Waals surface area (Å²) in [4.78, 5) is 28.3. The van der Waals surface area contributed by atoms with Crippen LogP contribution in [-0.2, 0) is 9.59 Å². The molecule has 0 fully saturated rings. The van der Waals surface area contributed by atoms with Crippen molar-refractivity contribution in [1.82, 2.24) is 0 Å². The van der Waals surface area contributed by atoms with E-state index in [1.165, 1.54) is 12.0 Å². The number of halogens is 1. The van der Waals surface area contributed by atoms with Gasteiger partial charge in [0.1, 0.15) is 17.2 Å². The fourth-order valence-corrected chi connectivity index (χ4v) is 3.92. The molecule has 0 saturated carbocycles. The number of hydrogen-bond acceptors (Lipinski definition) is 5. The summed E-state index contributed by atoms with van der Waals surface area (Å²) >= 11 is 6.27. The smallest absolute Gasteiger partial charge is 0.282 e. The van der Waals surface area contributed by atoms with Crippen LogP contribution in [0, 0.1) is 13.8 Å². The molecule has 2 amide bonds. The highest BCUT2D eigenvalue weighted by molar-refractivity contribution is 6.46. The van der Waals surface area contributed by atoms with E-state index in [1.54, 1.807) is 55.6 Å². The SMILES string of the molecule is COc1ccc(C2=C(Nc3ccc(OC)c(Cl)c3)C(=O)N(c3ccc(C)c(C)c3)C2=O)cc1. The highest BCUT2D eigenvalue weighted by Crippen LogP contribution is 2.36. The van der Waals surface area contributed by atoms with Gasteiger partial charge in [-0.15, -0.1) is 0 Å². The number of nitrogens with one attached hydrogen (secondary N) is 1. The minimum Gasteiger partial charge on any atom is -0.497 e. The van der Waals surface area contributed by atoms with Crippen LogP contribution >= 0.6 is 11.6 Å². The van der Waals surface area contributed by atoms with E-state index in [9.17, 15) is 9.59 Å². The lowest BCUT2D eigenvalue weighted by Crippen LogP contribution is -2.32. The second-order valence-corrected chi connectivity index (χ2v) is 8.07. The molecule has 6 nitrogen and oxygen atoms in total. The Morgan fingerprint density at radius 2 is 1.55 bits per heavy atom. The molecule has 3 aromatic rings. The molecule has 1 aliphatic heterocycles. The van der Waals surface area contributed by atoms with Crippen molar-refractivity contribution in [3.63, 3.8) is 0 Å². The molecule has 1 heterocycles. The van der Waals surface area contributed by atoms with Gasteiger partial charge in [-0.05, 0) is 73.0 Å². The molecular weight excluding hydrogens is 440 g/mol. The fourth-order valence-electron chi connectivity index (χ4n) is 3.66. The molecule has 0 atom stereocenters. The Morgan fingerprint density at radius 3 is 2.15 bits per heavy atom. The molecule has 0 unspecified atom stereocenters. The van der Waals surface area contributed by atoms with Crippen molar-refractivity contribution in [2.45, 2.75) is 13.8 Å². The number of ether oxygens (including phenoxy) is 2. The summed E-state index contributed by atoms with van der Waals surface area (Å²) in [5.41, 5.74) is 4.18. The van der Waals surface area contributed by atoms with Crippen molar-refractivity contribution in [3.8, 4) is 11.5 Å². The van der Waals surface area contributed by atoms with Gasteiger partial charge in [0.05, 0.1) is 30.5 Å². The number of hydrogen-bond donors (Lipinski definition) is 1. The molecule has 7 heteroatoms. The first-order valence-electron chi connectivity index (χ1n) is 10.3. The third-order valence-corrected chi connectivity index (χ3v) is 5.93. The van der Waals surface area contributed by atoms with Gasteiger partial charge >= 0.3 is 0 Å². The van der Waals surface area contributed by atoms with Crippen molar-refractivity contribution >= 4 is 40.4 Å². The standard InChI is InChI=1S/C26H23ClN2O4/c1-15-5-9-19(13-16(15)2)29-25(30)23(17-6-10-20(32-3)11-7-17)24(26(29)31)28-18-8-12-22(33-4)21(27)14-18/h5-14,28H,1-4H3. The molecule has 3 aromatic carbocycles. The molecule has 0 aliphatic carbocycles. The average Bonchev–Trinajstić information content (AvgIpc) is 3.05. The van der Waals surface area contributed by atoms with E-state index in [0.29, 0.717) is 33.5 Å². The third kappa shape index (κ3) is 4.17. The predicted molar refractivity (Wildman–Crippen MR) is 130 cm³/mol. The summed E-state index contributed by atoms with van der Waals surface area (Å²) in [7, 11) is 3.10. The largest absolute Gasteiger partial charge is 0.497 e. The average molecular weight is 463 g/mol. The van der Waals surface area contributed by atoms with Gasteiger partial charge in [-0.2, -0.15) is 0 Å².